The van der Waals surface area contributed by atoms with Crippen LogP contribution in [0.3, 0.4) is 0 Å². The van der Waals surface area contributed by atoms with E-state index in [0.29, 0.717) is 16.7 Å². The van der Waals surface area contributed by atoms with Crippen molar-refractivity contribution >= 4 is 39.8 Å². The number of H-pyrrole nitrogens is 1. The smallest absolute Gasteiger partial charge is 0.341 e. The van der Waals surface area contributed by atoms with Crippen LogP contribution >= 0.6 is 11.8 Å². The predicted molar refractivity (Wildman–Crippen MR) is 119 cm³/mol. The summed E-state index contributed by atoms with van der Waals surface area (Å²) in [5.74, 6) is -4.34. The van der Waals surface area contributed by atoms with Gasteiger partial charge < -0.3 is 10.1 Å². The lowest BCUT2D eigenvalue weighted by Crippen LogP contribution is -2.20. The molecule has 0 unspecified atom stereocenters. The summed E-state index contributed by atoms with van der Waals surface area (Å²) in [5.41, 5.74) is 0.238. The molecule has 0 bridgehead atoms. The Morgan fingerprint density at radius 1 is 1.06 bits per heavy atom. The molecule has 7 nitrogen and oxygen atoms in total. The van der Waals surface area contributed by atoms with Crippen molar-refractivity contribution in [3.05, 3.63) is 87.5 Å². The number of imidazole rings is 1. The molecule has 5 aromatic rings. The van der Waals surface area contributed by atoms with E-state index in [1.165, 1.54) is 0 Å². The molecule has 2 N–H and O–H groups in total. The highest BCUT2D eigenvalue weighted by Crippen LogP contribution is 2.30. The van der Waals surface area contributed by atoms with E-state index < -0.39 is 34.4 Å². The number of nitrogens with one attached hydrogen (secondary N) is 1. The number of aromatic carboxylic acids is 1. The quantitative estimate of drug-likeness (QED) is 0.380. The van der Waals surface area contributed by atoms with Crippen molar-refractivity contribution in [2.24, 2.45) is 0 Å². The Labute approximate surface area is 192 Å². The zero-order valence-electron chi connectivity index (χ0n) is 17.3. The summed E-state index contributed by atoms with van der Waals surface area (Å²) in [7, 11) is 0. The molecular formula is C23H13F3N4O3S. The van der Waals surface area contributed by atoms with Crippen molar-refractivity contribution in [2.45, 2.75) is 17.1 Å². The molecule has 0 fully saturated rings. The number of carboxylic acids is 1. The van der Waals surface area contributed by atoms with Crippen molar-refractivity contribution in [2.75, 3.05) is 0 Å². The predicted octanol–water partition coefficient (Wildman–Crippen LogP) is 4.84. The Kier molecular flexibility index (Phi) is 5.13. The van der Waals surface area contributed by atoms with Gasteiger partial charge >= 0.3 is 5.97 Å². The van der Waals surface area contributed by atoms with E-state index in [2.05, 4.69) is 15.0 Å². The van der Waals surface area contributed by atoms with Crippen LogP contribution in [0.15, 0.2) is 63.6 Å². The molecule has 0 aliphatic rings. The third-order valence-electron chi connectivity index (χ3n) is 5.11. The number of fused-ring (bicyclic) bond motifs is 2. The molecule has 3 aromatic heterocycles. The van der Waals surface area contributed by atoms with Crippen LogP contribution in [0.25, 0.3) is 27.8 Å². The van der Waals surface area contributed by atoms with Gasteiger partial charge in [-0.1, -0.05) is 6.07 Å². The van der Waals surface area contributed by atoms with Crippen LogP contribution in [-0.2, 0) is 0 Å². The van der Waals surface area contributed by atoms with Crippen LogP contribution in [-0.4, -0.2) is 30.6 Å². The minimum atomic E-state index is -1.58. The molecule has 0 atom stereocenters. The Balaban J connectivity index is 1.73. The number of hydrogen-bond donors (Lipinski definition) is 2. The molecule has 5 rings (SSSR count). The Bertz CT molecular complexity index is 1700. The number of rotatable bonds is 4. The lowest BCUT2D eigenvalue weighted by molar-refractivity contribution is 0.0695. The van der Waals surface area contributed by atoms with Crippen molar-refractivity contribution in [1.29, 1.82) is 0 Å². The molecular weight excluding hydrogens is 469 g/mol. The van der Waals surface area contributed by atoms with Gasteiger partial charge in [0.05, 0.1) is 22.1 Å². The zero-order chi connectivity index (χ0) is 24.1. The summed E-state index contributed by atoms with van der Waals surface area (Å²) < 4.78 is 44.0. The minimum absolute atomic E-state index is 0.179. The van der Waals surface area contributed by atoms with Gasteiger partial charge in [0.1, 0.15) is 27.9 Å². The van der Waals surface area contributed by atoms with E-state index in [1.54, 1.807) is 6.07 Å². The molecule has 0 aliphatic heterocycles. The first-order chi connectivity index (χ1) is 16.2. The normalized spacial score (nSPS) is 11.4. The molecule has 170 valence electrons. The number of carboxylic acid groups (broad SMARTS) is 1. The number of pyridine rings is 2. The van der Waals surface area contributed by atoms with Crippen LogP contribution < -0.4 is 5.43 Å². The molecule has 0 amide bonds. The second-order valence-electron chi connectivity index (χ2n) is 7.45. The third-order valence-corrected chi connectivity index (χ3v) is 5.97. The monoisotopic (exact) mass is 482 g/mol. The highest BCUT2D eigenvalue weighted by atomic mass is 32.2. The van der Waals surface area contributed by atoms with E-state index in [4.69, 9.17) is 0 Å². The van der Waals surface area contributed by atoms with Gasteiger partial charge in [-0.25, -0.2) is 27.9 Å². The Morgan fingerprint density at radius 2 is 1.85 bits per heavy atom. The second-order valence-corrected chi connectivity index (χ2v) is 8.43. The van der Waals surface area contributed by atoms with E-state index >= 15 is 0 Å². The summed E-state index contributed by atoms with van der Waals surface area (Å²) in [6.45, 7) is 1.91. The van der Waals surface area contributed by atoms with Crippen LogP contribution in [0.5, 0.6) is 0 Å². The Morgan fingerprint density at radius 3 is 2.59 bits per heavy atom. The zero-order valence-corrected chi connectivity index (χ0v) is 18.1. The number of halogens is 3. The van der Waals surface area contributed by atoms with Crippen molar-refractivity contribution in [3.8, 4) is 5.69 Å². The van der Waals surface area contributed by atoms with Gasteiger partial charge in [-0.05, 0) is 54.6 Å². The molecule has 11 heteroatoms. The van der Waals surface area contributed by atoms with Crippen LogP contribution in [0.2, 0.25) is 0 Å². The van der Waals surface area contributed by atoms with Gasteiger partial charge in [-0.15, -0.1) is 0 Å². The summed E-state index contributed by atoms with van der Waals surface area (Å²) in [6.07, 6.45) is 0.882. The highest BCUT2D eigenvalue weighted by molar-refractivity contribution is 7.99. The largest absolute Gasteiger partial charge is 0.477 e. The van der Waals surface area contributed by atoms with Gasteiger partial charge in [0, 0.05) is 12.3 Å². The van der Waals surface area contributed by atoms with Crippen LogP contribution in [0.4, 0.5) is 13.2 Å². The topological polar surface area (TPSA) is 101 Å². The van der Waals surface area contributed by atoms with Crippen LogP contribution in [0.1, 0.15) is 15.9 Å². The maximum absolute atomic E-state index is 15.0. The molecule has 2 aromatic carbocycles. The lowest BCUT2D eigenvalue weighted by atomic mass is 10.1. The highest BCUT2D eigenvalue weighted by Gasteiger charge is 2.21. The number of aromatic nitrogens is 4. The first kappa shape index (κ1) is 21.7. The van der Waals surface area contributed by atoms with Gasteiger partial charge in [0.15, 0.2) is 11.0 Å². The number of aryl methyl sites for hydroxylation is 1. The third kappa shape index (κ3) is 3.69. The van der Waals surface area contributed by atoms with Gasteiger partial charge in [-0.2, -0.15) is 0 Å². The molecule has 0 spiro atoms. The maximum Gasteiger partial charge on any atom is 0.341 e. The average molecular weight is 482 g/mol. The fourth-order valence-corrected chi connectivity index (χ4v) is 4.31. The first-order valence-corrected chi connectivity index (χ1v) is 10.6. The number of hydrogen-bond acceptors (Lipinski definition) is 5. The number of benzene rings is 2. The van der Waals surface area contributed by atoms with Crippen molar-refractivity contribution < 1.29 is 23.1 Å². The summed E-state index contributed by atoms with van der Waals surface area (Å²) >= 11 is 0.849. The summed E-state index contributed by atoms with van der Waals surface area (Å²) in [4.78, 5) is 35.9. The van der Waals surface area contributed by atoms with E-state index in [0.717, 1.165) is 51.8 Å². The molecule has 0 saturated carbocycles. The molecule has 34 heavy (non-hydrogen) atoms. The average Bonchev–Trinajstić information content (AvgIpc) is 3.17. The van der Waals surface area contributed by atoms with Gasteiger partial charge in [-0.3, -0.25) is 9.36 Å². The molecule has 3 heterocycles. The second kappa shape index (κ2) is 8.03. The van der Waals surface area contributed by atoms with E-state index in [9.17, 15) is 27.9 Å². The van der Waals surface area contributed by atoms with Crippen LogP contribution in [0, 0.1) is 24.4 Å². The Hall–Kier alpha value is -4.12. The number of aromatic amines is 1. The molecule has 0 aliphatic carbocycles. The fraction of sp³-hybridized carbons (Fsp3) is 0.0435. The fourth-order valence-electron chi connectivity index (χ4n) is 3.53. The summed E-state index contributed by atoms with van der Waals surface area (Å²) in [6, 6.07) is 9.05. The first-order valence-electron chi connectivity index (χ1n) is 9.80. The SMILES string of the molecule is Cc1ccc2nc(Sc3nc4c(cc3F)c(=O)c(C(=O)O)cn4-c3ccc(F)cc3F)[nH]c2c1. The van der Waals surface area contributed by atoms with Crippen molar-refractivity contribution in [1.82, 2.24) is 19.5 Å². The lowest BCUT2D eigenvalue weighted by Gasteiger charge is -2.13. The minimum Gasteiger partial charge on any atom is -0.477 e. The van der Waals surface area contributed by atoms with Crippen molar-refractivity contribution in [3.63, 3.8) is 0 Å². The van der Waals surface area contributed by atoms with E-state index in [-0.39, 0.29) is 21.7 Å². The van der Waals surface area contributed by atoms with Gasteiger partial charge in [0.25, 0.3) is 0 Å². The summed E-state index contributed by atoms with van der Waals surface area (Å²) in [5, 5.41) is 9.20. The standard InChI is InChI=1S/C23H13F3N4O3S/c1-10-2-4-16-17(6-10)28-23(27-16)34-21-15(26)8-12-19(31)13(22(32)33)9-30(20(12)29-21)18-5-3-11(24)7-14(18)25/h2-9H,1H3,(H,27,28)(H,32,33). The molecule has 0 saturated heterocycles. The number of nitrogens with zero attached hydrogens (tertiary/aromatic N) is 3. The van der Waals surface area contributed by atoms with E-state index in [1.807, 2.05) is 19.1 Å². The number of carbonyl (C=O) groups is 1. The maximum atomic E-state index is 15.0. The molecule has 0 radical (unpaired) electrons. The van der Waals surface area contributed by atoms with Gasteiger partial charge in [0.2, 0.25) is 5.43 Å².